The number of amides is 2. The Morgan fingerprint density at radius 2 is 1.67 bits per heavy atom. The Kier molecular flexibility index (Phi) is 4.53. The molecule has 0 radical (unpaired) electrons. The van der Waals surface area contributed by atoms with Gasteiger partial charge in [0.25, 0.3) is 10.1 Å². The molecule has 0 bridgehead atoms. The van der Waals surface area contributed by atoms with E-state index in [2.05, 4.69) is 0 Å². The summed E-state index contributed by atoms with van der Waals surface area (Å²) in [5.41, 5.74) is 0.989. The van der Waals surface area contributed by atoms with Crippen LogP contribution in [0.25, 0.3) is 0 Å². The van der Waals surface area contributed by atoms with Gasteiger partial charge in [0, 0.05) is 33.1 Å². The summed E-state index contributed by atoms with van der Waals surface area (Å²) in [5.74, 6) is -0.0297. The molecule has 7 heteroatoms. The molecule has 0 saturated carbocycles. The van der Waals surface area contributed by atoms with Crippen molar-refractivity contribution >= 4 is 16.1 Å². The highest BCUT2D eigenvalue weighted by molar-refractivity contribution is 7.86. The van der Waals surface area contributed by atoms with Crippen molar-refractivity contribution in [3.05, 3.63) is 29.8 Å². The molecule has 0 unspecified atom stereocenters. The van der Waals surface area contributed by atoms with Crippen LogP contribution in [0.1, 0.15) is 5.56 Å². The maximum absolute atomic E-state index is 12.1. The molecule has 1 saturated heterocycles. The van der Waals surface area contributed by atoms with Crippen molar-refractivity contribution in [2.45, 2.75) is 11.8 Å². The summed E-state index contributed by atoms with van der Waals surface area (Å²) in [6.45, 7) is 2.94. The average Bonchev–Trinajstić information content (AvgIpc) is 2.43. The minimum atomic E-state index is -3.75. The third kappa shape index (κ3) is 3.74. The van der Waals surface area contributed by atoms with Crippen molar-refractivity contribution in [1.29, 1.82) is 0 Å². The maximum Gasteiger partial charge on any atom is 0.319 e. The summed E-state index contributed by atoms with van der Waals surface area (Å²) in [6.07, 6.45) is 0. The Morgan fingerprint density at radius 3 is 2.19 bits per heavy atom. The Balaban J connectivity index is 1.99. The second-order valence-electron chi connectivity index (χ2n) is 5.46. The number of aryl methyl sites for hydroxylation is 1. The minimum Gasteiger partial charge on any atom is -0.327 e. The van der Waals surface area contributed by atoms with Crippen molar-refractivity contribution in [2.75, 3.05) is 33.8 Å². The van der Waals surface area contributed by atoms with Gasteiger partial charge >= 0.3 is 6.03 Å². The molecule has 2 rings (SSSR count). The Morgan fingerprint density at radius 1 is 1.14 bits per heavy atom. The van der Waals surface area contributed by atoms with Gasteiger partial charge in [-0.2, -0.15) is 8.42 Å². The first-order valence-electron chi connectivity index (χ1n) is 6.72. The second-order valence-corrected chi connectivity index (χ2v) is 7.08. The van der Waals surface area contributed by atoms with Crippen LogP contribution in [0.5, 0.6) is 0 Å². The molecule has 1 fully saturated rings. The lowest BCUT2D eigenvalue weighted by Gasteiger charge is -2.35. The van der Waals surface area contributed by atoms with Gasteiger partial charge in [-0.15, -0.1) is 0 Å². The molecule has 1 heterocycles. The molecule has 6 nitrogen and oxygen atoms in total. The third-order valence-electron chi connectivity index (χ3n) is 3.49. The molecule has 0 atom stereocenters. The SMILES string of the molecule is Cc1ccc(S(=O)(=O)OCC2CN(C)C(=O)N(C)C2)cc1. The fourth-order valence-corrected chi connectivity index (χ4v) is 3.32. The average molecular weight is 312 g/mol. The van der Waals surface area contributed by atoms with Crippen LogP contribution < -0.4 is 0 Å². The molecule has 1 aromatic rings. The van der Waals surface area contributed by atoms with Gasteiger partial charge in [-0.3, -0.25) is 4.18 Å². The van der Waals surface area contributed by atoms with Crippen LogP contribution in [0.3, 0.4) is 0 Å². The number of carbonyl (C=O) groups is 1. The topological polar surface area (TPSA) is 66.9 Å². The summed E-state index contributed by atoms with van der Waals surface area (Å²) in [5, 5.41) is 0. The van der Waals surface area contributed by atoms with Gasteiger partial charge < -0.3 is 9.80 Å². The lowest BCUT2D eigenvalue weighted by molar-refractivity contribution is 0.108. The van der Waals surface area contributed by atoms with E-state index in [0.29, 0.717) is 13.1 Å². The zero-order valence-electron chi connectivity index (χ0n) is 12.4. The number of hydrogen-bond acceptors (Lipinski definition) is 4. The molecule has 0 aliphatic carbocycles. The van der Waals surface area contributed by atoms with E-state index in [9.17, 15) is 13.2 Å². The molecular formula is C14H20N2O4S. The molecule has 1 aliphatic heterocycles. The van der Waals surface area contributed by atoms with E-state index in [4.69, 9.17) is 4.18 Å². The van der Waals surface area contributed by atoms with E-state index in [1.165, 1.54) is 12.1 Å². The predicted molar refractivity (Wildman–Crippen MR) is 78.5 cm³/mol. The van der Waals surface area contributed by atoms with Gasteiger partial charge in [0.1, 0.15) is 0 Å². The van der Waals surface area contributed by atoms with Crippen LogP contribution in [0, 0.1) is 12.8 Å². The molecule has 1 aromatic carbocycles. The first-order chi connectivity index (χ1) is 9.79. The summed E-state index contributed by atoms with van der Waals surface area (Å²) in [7, 11) is -0.359. The number of nitrogens with zero attached hydrogens (tertiary/aromatic N) is 2. The Labute approximate surface area is 125 Å². The third-order valence-corrected chi connectivity index (χ3v) is 4.78. The molecule has 0 aromatic heterocycles. The quantitative estimate of drug-likeness (QED) is 0.786. The van der Waals surface area contributed by atoms with Crippen LogP contribution in [0.15, 0.2) is 29.2 Å². The molecular weight excluding hydrogens is 292 g/mol. The van der Waals surface area contributed by atoms with Crippen molar-refractivity contribution < 1.29 is 17.4 Å². The fourth-order valence-electron chi connectivity index (χ4n) is 2.34. The number of hydrogen-bond donors (Lipinski definition) is 0. The zero-order valence-corrected chi connectivity index (χ0v) is 13.3. The van der Waals surface area contributed by atoms with E-state index >= 15 is 0 Å². The van der Waals surface area contributed by atoms with Crippen LogP contribution in [0.2, 0.25) is 0 Å². The number of urea groups is 1. The number of carbonyl (C=O) groups excluding carboxylic acids is 1. The molecule has 0 spiro atoms. The van der Waals surface area contributed by atoms with Gasteiger partial charge in [-0.25, -0.2) is 4.79 Å². The Hall–Kier alpha value is -1.60. The minimum absolute atomic E-state index is 0.0297. The van der Waals surface area contributed by atoms with Gasteiger partial charge in [0.05, 0.1) is 11.5 Å². The molecule has 0 N–H and O–H groups in total. The summed E-state index contributed by atoms with van der Waals surface area (Å²) < 4.78 is 29.3. The lowest BCUT2D eigenvalue weighted by atomic mass is 10.1. The fraction of sp³-hybridized carbons (Fsp3) is 0.500. The van der Waals surface area contributed by atoms with Gasteiger partial charge in [0.15, 0.2) is 0 Å². The normalized spacial score (nSPS) is 17.4. The van der Waals surface area contributed by atoms with E-state index in [1.54, 1.807) is 36.0 Å². The highest BCUT2D eigenvalue weighted by Gasteiger charge is 2.28. The summed E-state index contributed by atoms with van der Waals surface area (Å²) in [6, 6.07) is 6.47. The largest absolute Gasteiger partial charge is 0.327 e. The molecule has 1 aliphatic rings. The summed E-state index contributed by atoms with van der Waals surface area (Å²) in [4.78, 5) is 14.9. The van der Waals surface area contributed by atoms with Crippen LogP contribution >= 0.6 is 0 Å². The highest BCUT2D eigenvalue weighted by atomic mass is 32.2. The van der Waals surface area contributed by atoms with Gasteiger partial charge in [-0.1, -0.05) is 17.7 Å². The smallest absolute Gasteiger partial charge is 0.319 e. The van der Waals surface area contributed by atoms with Crippen LogP contribution in [-0.4, -0.2) is 58.0 Å². The van der Waals surface area contributed by atoms with Gasteiger partial charge in [0.2, 0.25) is 0 Å². The van der Waals surface area contributed by atoms with Crippen LogP contribution in [0.4, 0.5) is 4.79 Å². The predicted octanol–water partition coefficient (Wildman–Crippen LogP) is 1.31. The molecule has 21 heavy (non-hydrogen) atoms. The highest BCUT2D eigenvalue weighted by Crippen LogP contribution is 2.17. The first-order valence-corrected chi connectivity index (χ1v) is 8.13. The monoisotopic (exact) mass is 312 g/mol. The van der Waals surface area contributed by atoms with Crippen molar-refractivity contribution in [3.8, 4) is 0 Å². The maximum atomic E-state index is 12.1. The van der Waals surface area contributed by atoms with E-state index in [0.717, 1.165) is 5.56 Å². The van der Waals surface area contributed by atoms with Gasteiger partial charge in [-0.05, 0) is 19.1 Å². The summed E-state index contributed by atoms with van der Waals surface area (Å²) >= 11 is 0. The van der Waals surface area contributed by atoms with Crippen LogP contribution in [-0.2, 0) is 14.3 Å². The molecule has 2 amide bonds. The standard InChI is InChI=1S/C14H20N2O4S/c1-11-4-6-13(7-5-11)21(18,19)20-10-12-8-15(2)14(17)16(3)9-12/h4-7,12H,8-10H2,1-3H3. The van der Waals surface area contributed by atoms with E-state index in [1.807, 2.05) is 6.92 Å². The first kappa shape index (κ1) is 15.8. The zero-order chi connectivity index (χ0) is 15.6. The lowest BCUT2D eigenvalue weighted by Crippen LogP contribution is -2.51. The number of rotatable bonds is 4. The van der Waals surface area contributed by atoms with Crippen molar-refractivity contribution in [3.63, 3.8) is 0 Å². The molecule has 116 valence electrons. The number of benzene rings is 1. The van der Waals surface area contributed by atoms with E-state index < -0.39 is 10.1 Å². The second kappa shape index (κ2) is 6.03. The van der Waals surface area contributed by atoms with E-state index in [-0.39, 0.29) is 23.5 Å². The van der Waals surface area contributed by atoms with Crippen molar-refractivity contribution in [2.24, 2.45) is 5.92 Å². The van der Waals surface area contributed by atoms with Crippen molar-refractivity contribution in [1.82, 2.24) is 9.80 Å². The Bertz CT molecular complexity index is 598.